The van der Waals surface area contributed by atoms with E-state index in [9.17, 15) is 0 Å². The minimum atomic E-state index is 0.118. The van der Waals surface area contributed by atoms with Gasteiger partial charge in [-0.3, -0.25) is 0 Å². The van der Waals surface area contributed by atoms with Crippen LogP contribution in [0.1, 0.15) is 89.5 Å². The fourth-order valence-electron chi connectivity index (χ4n) is 2.91. The second-order valence-electron chi connectivity index (χ2n) is 6.75. The van der Waals surface area contributed by atoms with Crippen molar-refractivity contribution in [2.24, 2.45) is 10.9 Å². The highest BCUT2D eigenvalue weighted by Gasteiger charge is 2.00. The second-order valence-corrected chi connectivity index (χ2v) is 6.75. The molecule has 0 saturated carbocycles. The van der Waals surface area contributed by atoms with Crippen LogP contribution in [0.4, 0.5) is 0 Å². The number of unbranched alkanes of at least 4 members (excludes halogenated alkanes) is 11. The highest BCUT2D eigenvalue weighted by atomic mass is 16.5. The average Bonchev–Trinajstić information content (AvgIpc) is 2.65. The Bertz CT molecular complexity index is 457. The molecule has 0 aliphatic rings. The molecule has 3 N–H and O–H groups in total. The van der Waals surface area contributed by atoms with Gasteiger partial charge in [-0.15, -0.1) is 0 Å². The van der Waals surface area contributed by atoms with E-state index in [1.807, 2.05) is 12.1 Å². The van der Waals surface area contributed by atoms with Crippen LogP contribution in [0.25, 0.3) is 0 Å². The first kappa shape index (κ1) is 21.3. The smallest absolute Gasteiger partial charge is 0.170 e. The van der Waals surface area contributed by atoms with Crippen LogP contribution in [0, 0.1) is 0 Å². The Hall–Kier alpha value is -1.71. The number of hydrogen-bond donors (Lipinski definition) is 2. The molecule has 25 heavy (non-hydrogen) atoms. The van der Waals surface area contributed by atoms with Gasteiger partial charge in [-0.05, 0) is 30.7 Å². The molecule has 4 nitrogen and oxygen atoms in total. The Morgan fingerprint density at radius 1 is 0.840 bits per heavy atom. The van der Waals surface area contributed by atoms with Gasteiger partial charge in [-0.2, -0.15) is 0 Å². The third-order valence-corrected chi connectivity index (χ3v) is 4.52. The maximum atomic E-state index is 8.62. The van der Waals surface area contributed by atoms with Crippen molar-refractivity contribution in [2.75, 3.05) is 6.61 Å². The van der Waals surface area contributed by atoms with Gasteiger partial charge < -0.3 is 15.7 Å². The maximum Gasteiger partial charge on any atom is 0.170 e. The van der Waals surface area contributed by atoms with Crippen LogP contribution < -0.4 is 10.5 Å². The number of benzene rings is 1. The standard InChI is InChI=1S/C21H36N2O2/c1-2-3-4-5-6-7-8-9-10-11-12-13-18-25-20-16-14-19(15-17-20)21(22)23-24/h14-17,24H,2-13,18H2,1H3,(H2,22,23). The number of amidine groups is 1. The second kappa shape index (κ2) is 14.6. The van der Waals surface area contributed by atoms with E-state index in [1.165, 1.54) is 70.6 Å². The lowest BCUT2D eigenvalue weighted by molar-refractivity contribution is 0.304. The van der Waals surface area contributed by atoms with Crippen LogP contribution in [-0.2, 0) is 0 Å². The van der Waals surface area contributed by atoms with E-state index in [4.69, 9.17) is 15.7 Å². The molecule has 0 amide bonds. The van der Waals surface area contributed by atoms with Crippen molar-refractivity contribution in [2.45, 2.75) is 84.0 Å². The van der Waals surface area contributed by atoms with Crippen molar-refractivity contribution in [3.05, 3.63) is 29.8 Å². The molecule has 1 aromatic carbocycles. The normalized spacial score (nSPS) is 11.6. The van der Waals surface area contributed by atoms with Crippen LogP contribution in [0.5, 0.6) is 5.75 Å². The lowest BCUT2D eigenvalue weighted by atomic mass is 10.1. The van der Waals surface area contributed by atoms with Crippen molar-refractivity contribution >= 4 is 5.84 Å². The maximum absolute atomic E-state index is 8.62. The van der Waals surface area contributed by atoms with E-state index in [-0.39, 0.29) is 5.84 Å². The van der Waals surface area contributed by atoms with E-state index >= 15 is 0 Å². The summed E-state index contributed by atoms with van der Waals surface area (Å²) in [6.45, 7) is 3.02. The monoisotopic (exact) mass is 348 g/mol. The summed E-state index contributed by atoms with van der Waals surface area (Å²) >= 11 is 0. The molecule has 0 atom stereocenters. The fourth-order valence-corrected chi connectivity index (χ4v) is 2.91. The zero-order valence-corrected chi connectivity index (χ0v) is 15.9. The summed E-state index contributed by atoms with van der Waals surface area (Å²) in [5, 5.41) is 11.6. The van der Waals surface area contributed by atoms with Crippen LogP contribution in [-0.4, -0.2) is 17.6 Å². The Morgan fingerprint density at radius 2 is 1.32 bits per heavy atom. The molecule has 0 bridgehead atoms. The van der Waals surface area contributed by atoms with Crippen LogP contribution in [0.3, 0.4) is 0 Å². The summed E-state index contributed by atoms with van der Waals surface area (Å²) in [6.07, 6.45) is 16.2. The topological polar surface area (TPSA) is 67.8 Å². The van der Waals surface area contributed by atoms with Crippen molar-refractivity contribution in [3.63, 3.8) is 0 Å². The lowest BCUT2D eigenvalue weighted by Gasteiger charge is -2.07. The number of ether oxygens (including phenoxy) is 1. The molecule has 0 heterocycles. The first-order chi connectivity index (χ1) is 12.3. The molecule has 0 fully saturated rings. The van der Waals surface area contributed by atoms with E-state index in [2.05, 4.69) is 12.1 Å². The third kappa shape index (κ3) is 10.7. The number of hydrogen-bond acceptors (Lipinski definition) is 3. The van der Waals surface area contributed by atoms with Crippen LogP contribution >= 0.6 is 0 Å². The minimum Gasteiger partial charge on any atom is -0.494 e. The van der Waals surface area contributed by atoms with Crippen molar-refractivity contribution < 1.29 is 9.94 Å². The Labute approximate surface area is 153 Å². The largest absolute Gasteiger partial charge is 0.494 e. The first-order valence-corrected chi connectivity index (χ1v) is 9.98. The fraction of sp³-hybridized carbons (Fsp3) is 0.667. The van der Waals surface area contributed by atoms with E-state index in [0.29, 0.717) is 5.56 Å². The average molecular weight is 349 g/mol. The van der Waals surface area contributed by atoms with Crippen molar-refractivity contribution in [1.82, 2.24) is 0 Å². The SMILES string of the molecule is CCCCCCCCCCCCCCOc1ccc(/C(N)=N\O)cc1. The molecule has 0 saturated heterocycles. The molecule has 4 heteroatoms. The predicted molar refractivity (Wildman–Crippen MR) is 106 cm³/mol. The van der Waals surface area contributed by atoms with Gasteiger partial charge in [0.1, 0.15) is 5.75 Å². The van der Waals surface area contributed by atoms with E-state index < -0.39 is 0 Å². The van der Waals surface area contributed by atoms with Gasteiger partial charge in [0.05, 0.1) is 6.61 Å². The van der Waals surface area contributed by atoms with Gasteiger partial charge in [-0.25, -0.2) is 0 Å². The van der Waals surface area contributed by atoms with Gasteiger partial charge in [-0.1, -0.05) is 82.7 Å². The van der Waals surface area contributed by atoms with Gasteiger partial charge in [0.15, 0.2) is 5.84 Å². The molecule has 142 valence electrons. The summed E-state index contributed by atoms with van der Waals surface area (Å²) in [7, 11) is 0. The third-order valence-electron chi connectivity index (χ3n) is 4.52. The first-order valence-electron chi connectivity index (χ1n) is 9.98. The summed E-state index contributed by atoms with van der Waals surface area (Å²) in [4.78, 5) is 0. The van der Waals surface area contributed by atoms with Gasteiger partial charge in [0, 0.05) is 5.56 Å². The molecule has 0 radical (unpaired) electrons. The zero-order valence-electron chi connectivity index (χ0n) is 15.9. The number of nitrogens with two attached hydrogens (primary N) is 1. The van der Waals surface area contributed by atoms with E-state index in [0.717, 1.165) is 18.8 Å². The summed E-state index contributed by atoms with van der Waals surface area (Å²) in [6, 6.07) is 7.31. The predicted octanol–water partition coefficient (Wildman–Crippen LogP) is 5.86. The lowest BCUT2D eigenvalue weighted by Crippen LogP contribution is -2.12. The Balaban J connectivity index is 1.92. The molecule has 1 rings (SSSR count). The zero-order chi connectivity index (χ0) is 18.2. The van der Waals surface area contributed by atoms with Crippen molar-refractivity contribution in [3.8, 4) is 5.75 Å². The minimum absolute atomic E-state index is 0.118. The van der Waals surface area contributed by atoms with Gasteiger partial charge >= 0.3 is 0 Å². The Kier molecular flexibility index (Phi) is 12.5. The quantitative estimate of drug-likeness (QED) is 0.137. The molecule has 0 aromatic heterocycles. The van der Waals surface area contributed by atoms with Crippen LogP contribution in [0.15, 0.2) is 29.4 Å². The molecular weight excluding hydrogens is 312 g/mol. The van der Waals surface area contributed by atoms with Gasteiger partial charge in [0.2, 0.25) is 0 Å². The van der Waals surface area contributed by atoms with Crippen molar-refractivity contribution in [1.29, 1.82) is 0 Å². The molecule has 0 aliphatic carbocycles. The molecular formula is C21H36N2O2. The highest BCUT2D eigenvalue weighted by molar-refractivity contribution is 5.97. The summed E-state index contributed by atoms with van der Waals surface area (Å²) in [5.41, 5.74) is 6.22. The highest BCUT2D eigenvalue weighted by Crippen LogP contribution is 2.14. The summed E-state index contributed by atoms with van der Waals surface area (Å²) in [5.74, 6) is 0.949. The Morgan fingerprint density at radius 3 is 1.80 bits per heavy atom. The summed E-state index contributed by atoms with van der Waals surface area (Å²) < 4.78 is 5.72. The molecule has 0 spiro atoms. The number of rotatable bonds is 15. The number of nitrogens with zero attached hydrogens (tertiary/aromatic N) is 1. The molecule has 0 aliphatic heterocycles. The van der Waals surface area contributed by atoms with Crippen LogP contribution in [0.2, 0.25) is 0 Å². The number of oxime groups is 1. The van der Waals surface area contributed by atoms with E-state index in [1.54, 1.807) is 12.1 Å². The molecule has 0 unspecified atom stereocenters. The molecule has 1 aromatic rings. The van der Waals surface area contributed by atoms with Gasteiger partial charge in [0.25, 0.3) is 0 Å².